The maximum Gasteiger partial charge on any atom is 0.255 e. The van der Waals surface area contributed by atoms with Gasteiger partial charge in [-0.25, -0.2) is 0 Å². The van der Waals surface area contributed by atoms with Crippen LogP contribution in [-0.4, -0.2) is 101 Å². The van der Waals surface area contributed by atoms with Crippen molar-refractivity contribution in [3.63, 3.8) is 0 Å². The summed E-state index contributed by atoms with van der Waals surface area (Å²) in [7, 11) is 7.03. The molecule has 4 aliphatic rings. The van der Waals surface area contributed by atoms with Crippen LogP contribution in [0.4, 0.5) is 5.69 Å². The zero-order valence-electron chi connectivity index (χ0n) is 26.8. The third-order valence-electron chi connectivity index (χ3n) is 9.53. The number of hydrogen-bond acceptors (Lipinski definition) is 10. The number of anilines is 1. The molecule has 0 radical (unpaired) electrons. The number of aliphatic hydroxyl groups is 3. The van der Waals surface area contributed by atoms with Gasteiger partial charge in [0, 0.05) is 50.9 Å². The van der Waals surface area contributed by atoms with Crippen LogP contribution in [-0.2, 0) is 22.6 Å². The van der Waals surface area contributed by atoms with E-state index in [1.165, 1.54) is 12.8 Å². The van der Waals surface area contributed by atoms with Crippen LogP contribution in [0.15, 0.2) is 28.7 Å². The monoisotopic (exact) mass is 610 g/mol. The number of ketones is 2. The molecule has 240 valence electrons. The van der Waals surface area contributed by atoms with Gasteiger partial charge in [0.1, 0.15) is 22.8 Å². The highest BCUT2D eigenvalue weighted by atomic mass is 16.3. The predicted molar refractivity (Wildman–Crippen MR) is 165 cm³/mol. The second kappa shape index (κ2) is 10.9. The van der Waals surface area contributed by atoms with Crippen molar-refractivity contribution < 1.29 is 34.8 Å². The van der Waals surface area contributed by atoms with Gasteiger partial charge in [-0.15, -0.1) is 0 Å². The number of aromatic hydroxyl groups is 1. The van der Waals surface area contributed by atoms with E-state index in [1.54, 1.807) is 25.1 Å². The fraction of sp³-hybridized carbons (Fsp3) is 0.606. The molecule has 6 N–H and O–H groups in total. The number of rotatable bonds is 8. The van der Waals surface area contributed by atoms with Gasteiger partial charge in [0.15, 0.2) is 11.4 Å². The van der Waals surface area contributed by atoms with Crippen molar-refractivity contribution in [1.82, 2.24) is 9.80 Å². The molecule has 4 aliphatic carbocycles. The van der Waals surface area contributed by atoms with Crippen LogP contribution >= 0.6 is 0 Å². The summed E-state index contributed by atoms with van der Waals surface area (Å²) in [5.41, 5.74) is 4.25. The Morgan fingerprint density at radius 3 is 2.25 bits per heavy atom. The molecule has 1 saturated carbocycles. The Morgan fingerprint density at radius 2 is 1.73 bits per heavy atom. The fourth-order valence-corrected chi connectivity index (χ4v) is 7.81. The van der Waals surface area contributed by atoms with E-state index in [9.17, 15) is 34.8 Å². The zero-order valence-corrected chi connectivity index (χ0v) is 26.8. The molecule has 1 aromatic carbocycles. The van der Waals surface area contributed by atoms with Crippen LogP contribution < -0.4 is 10.6 Å². The van der Waals surface area contributed by atoms with E-state index in [0.717, 1.165) is 24.3 Å². The second-order valence-corrected chi connectivity index (χ2v) is 14.8. The van der Waals surface area contributed by atoms with Crippen molar-refractivity contribution in [2.75, 3.05) is 46.2 Å². The molecule has 0 saturated heterocycles. The Morgan fingerprint density at radius 1 is 1.09 bits per heavy atom. The summed E-state index contributed by atoms with van der Waals surface area (Å²) in [6, 6.07) is 0.592. The average molecular weight is 611 g/mol. The van der Waals surface area contributed by atoms with Gasteiger partial charge in [-0.05, 0) is 74.2 Å². The molecular formula is C33H46N4O7. The number of amides is 1. The maximum atomic E-state index is 14.2. The zero-order chi connectivity index (χ0) is 32.6. The summed E-state index contributed by atoms with van der Waals surface area (Å²) in [4.78, 5) is 45.8. The number of hydrogen-bond donors (Lipinski definition) is 5. The number of carbonyl (C=O) groups is 3. The van der Waals surface area contributed by atoms with Crippen molar-refractivity contribution >= 4 is 23.2 Å². The molecule has 0 spiro atoms. The summed E-state index contributed by atoms with van der Waals surface area (Å²) in [5, 5.41) is 45.8. The first kappa shape index (κ1) is 32.0. The van der Waals surface area contributed by atoms with Crippen LogP contribution in [0.2, 0.25) is 0 Å². The van der Waals surface area contributed by atoms with Crippen LogP contribution in [0.3, 0.4) is 0 Å². The molecule has 0 aromatic heterocycles. The normalized spacial score (nSPS) is 27.1. The van der Waals surface area contributed by atoms with Gasteiger partial charge < -0.3 is 31.1 Å². The number of aliphatic hydroxyl groups excluding tert-OH is 2. The summed E-state index contributed by atoms with van der Waals surface area (Å²) in [5.74, 6) is -5.83. The lowest BCUT2D eigenvalue weighted by molar-refractivity contribution is -0.148. The Kier molecular flexibility index (Phi) is 7.92. The van der Waals surface area contributed by atoms with Crippen LogP contribution in [0.25, 0.3) is 0 Å². The summed E-state index contributed by atoms with van der Waals surface area (Å²) >= 11 is 0. The third kappa shape index (κ3) is 5.18. The topological polar surface area (TPSA) is 168 Å². The molecule has 0 heterocycles. The Labute approximate surface area is 258 Å². The second-order valence-electron chi connectivity index (χ2n) is 14.8. The number of phenols is 1. The standard InChI is InChI=1S/C33H46N4O7/c1-32(2,3)15-37(13-16-8-9-16)14-18-12-21(38)23-19(25(18)35(4)5)10-17-11-20-26(36(6)7)28(40)24(31(34)43)30(42)33(20,44)29(41)22(17)27(23)39/h12,16-17,20,26,38,40-41,44H,8-11,13-15H2,1-7H3,(H2,34,43)/t17-,20-,26-,33-/m0/s1. The van der Waals surface area contributed by atoms with Crippen molar-refractivity contribution in [1.29, 1.82) is 0 Å². The molecule has 0 unspecified atom stereocenters. The number of nitrogens with two attached hydrogens (primary N) is 1. The van der Waals surface area contributed by atoms with Crippen molar-refractivity contribution in [2.45, 2.75) is 64.6 Å². The number of allylic oxidation sites excluding steroid dienone is 1. The number of fused-ring (bicyclic) bond motifs is 3. The van der Waals surface area contributed by atoms with Gasteiger partial charge in [-0.1, -0.05) is 20.8 Å². The van der Waals surface area contributed by atoms with Crippen LogP contribution in [0, 0.1) is 23.2 Å². The number of Topliss-reactive ketones (excluding diaryl/α,β-unsaturated/α-hetero) is 2. The number of benzene rings is 1. The van der Waals surface area contributed by atoms with Gasteiger partial charge >= 0.3 is 0 Å². The smallest absolute Gasteiger partial charge is 0.255 e. The number of nitrogens with zero attached hydrogens (tertiary/aromatic N) is 3. The van der Waals surface area contributed by atoms with Gasteiger partial charge in [0.25, 0.3) is 5.91 Å². The first-order chi connectivity index (χ1) is 20.4. The van der Waals surface area contributed by atoms with Crippen molar-refractivity contribution in [2.24, 2.45) is 28.9 Å². The minimum absolute atomic E-state index is 0.0304. The molecular weight excluding hydrogens is 564 g/mol. The number of phenolic OH excluding ortho intramolecular Hbond substituents is 1. The minimum Gasteiger partial charge on any atom is -0.510 e. The Balaban J connectivity index is 1.64. The van der Waals surface area contributed by atoms with E-state index in [-0.39, 0.29) is 35.1 Å². The summed E-state index contributed by atoms with van der Waals surface area (Å²) in [6.45, 7) is 9.00. The minimum atomic E-state index is -2.65. The molecule has 11 heteroatoms. The molecule has 1 amide bonds. The number of primary amides is 1. The third-order valence-corrected chi connectivity index (χ3v) is 9.53. The molecule has 0 aliphatic heterocycles. The highest BCUT2D eigenvalue weighted by Gasteiger charge is 2.63. The van der Waals surface area contributed by atoms with E-state index in [0.29, 0.717) is 18.0 Å². The predicted octanol–water partition coefficient (Wildman–Crippen LogP) is 2.44. The van der Waals surface area contributed by atoms with Gasteiger partial charge in [0.2, 0.25) is 5.78 Å². The van der Waals surface area contributed by atoms with E-state index in [2.05, 4.69) is 25.7 Å². The van der Waals surface area contributed by atoms with Crippen LogP contribution in [0.1, 0.15) is 61.5 Å². The Hall–Kier alpha value is -3.41. The summed E-state index contributed by atoms with van der Waals surface area (Å²) < 4.78 is 0. The molecule has 44 heavy (non-hydrogen) atoms. The number of carbonyl (C=O) groups excluding carboxylic acids is 3. The molecule has 4 atom stereocenters. The molecule has 0 bridgehead atoms. The first-order valence-corrected chi connectivity index (χ1v) is 15.3. The highest BCUT2D eigenvalue weighted by molar-refractivity contribution is 6.24. The molecule has 1 fully saturated rings. The van der Waals surface area contributed by atoms with Crippen molar-refractivity contribution in [3.8, 4) is 5.75 Å². The number of likely N-dealkylation sites (N-methyl/N-ethyl adjacent to an activating group) is 1. The quantitative estimate of drug-likeness (QED) is 0.276. The molecule has 5 rings (SSSR count). The maximum absolute atomic E-state index is 14.2. The van der Waals surface area contributed by atoms with Gasteiger partial charge in [-0.3, -0.25) is 24.2 Å². The lowest BCUT2D eigenvalue weighted by Gasteiger charge is -2.50. The van der Waals surface area contributed by atoms with E-state index < -0.39 is 58.0 Å². The van der Waals surface area contributed by atoms with Crippen LogP contribution in [0.5, 0.6) is 5.75 Å². The largest absolute Gasteiger partial charge is 0.510 e. The van der Waals surface area contributed by atoms with E-state index >= 15 is 0 Å². The Bertz CT molecular complexity index is 1480. The molecule has 11 nitrogen and oxygen atoms in total. The highest BCUT2D eigenvalue weighted by Crippen LogP contribution is 2.53. The van der Waals surface area contributed by atoms with Gasteiger partial charge in [-0.2, -0.15) is 0 Å². The summed E-state index contributed by atoms with van der Waals surface area (Å²) in [6.07, 6.45) is 2.73. The lowest BCUT2D eigenvalue weighted by atomic mass is 9.58. The average Bonchev–Trinajstić information content (AvgIpc) is 3.68. The van der Waals surface area contributed by atoms with Gasteiger partial charge in [0.05, 0.1) is 11.6 Å². The van der Waals surface area contributed by atoms with Crippen molar-refractivity contribution in [3.05, 3.63) is 45.4 Å². The van der Waals surface area contributed by atoms with E-state index in [1.807, 2.05) is 19.0 Å². The SMILES string of the molecule is CN(C)c1c(CN(CC2CC2)CC(C)(C)C)cc(O)c2c1C[C@H]1C[C@H]3[C@H](N(C)C)C(O)=C(C(N)=O)C(=O)[C@@]3(O)C(O)=C1C2=O. The fourth-order valence-electron chi connectivity index (χ4n) is 7.81. The molecule has 1 aromatic rings. The lowest BCUT2D eigenvalue weighted by Crippen LogP contribution is -2.63. The van der Waals surface area contributed by atoms with E-state index in [4.69, 9.17) is 5.73 Å². The first-order valence-electron chi connectivity index (χ1n) is 15.3.